The van der Waals surface area contributed by atoms with Crippen molar-refractivity contribution < 1.29 is 4.79 Å². The lowest BCUT2D eigenvalue weighted by atomic mass is 10.1. The molecule has 1 amide bonds. The highest BCUT2D eigenvalue weighted by Gasteiger charge is 2.54. The summed E-state index contributed by atoms with van der Waals surface area (Å²) < 4.78 is 2.23. The van der Waals surface area contributed by atoms with E-state index in [9.17, 15) is 9.59 Å². The Balaban J connectivity index is 1.51. The predicted octanol–water partition coefficient (Wildman–Crippen LogP) is 5.06. The molecule has 2 aromatic carbocycles. The average molecular weight is 633 g/mol. The molecule has 178 valence electrons. The number of benzene rings is 2. The first-order valence-electron chi connectivity index (χ1n) is 10.6. The minimum absolute atomic E-state index is 0.180. The van der Waals surface area contributed by atoms with Crippen LogP contribution in [0.5, 0.6) is 0 Å². The Bertz CT molecular complexity index is 1500. The SMILES string of the molecule is Cc1c(-c2csc(N3C(=O)C(Br)(C(Br)c4ccccc4)NC3=S)n2)c(=O)n(-c2ccccc2)n1C. The maximum Gasteiger partial charge on any atom is 0.281 e. The van der Waals surface area contributed by atoms with Crippen LogP contribution in [-0.2, 0) is 11.8 Å². The van der Waals surface area contributed by atoms with E-state index in [1.54, 1.807) is 14.7 Å². The molecule has 0 bridgehead atoms. The van der Waals surface area contributed by atoms with E-state index < -0.39 is 4.45 Å². The van der Waals surface area contributed by atoms with Crippen molar-refractivity contribution in [1.29, 1.82) is 0 Å². The second-order valence-electron chi connectivity index (χ2n) is 8.01. The standard InChI is InChI=1S/C24H19Br2N5O2S2/c1-14-18(20(32)31(29(14)2)16-11-7-4-8-12-16)17-13-35-23(27-17)30-21(33)24(26,28-22(30)34)19(25)15-9-5-3-6-10-15/h3-13,19H,1-2H3,(H,28,34). The number of hydrogen-bond acceptors (Lipinski definition) is 5. The number of carbonyl (C=O) groups excluding carboxylic acids is 1. The number of para-hydroxylation sites is 1. The molecule has 2 unspecified atom stereocenters. The predicted molar refractivity (Wildman–Crippen MR) is 150 cm³/mol. The molecule has 0 spiro atoms. The maximum atomic E-state index is 13.6. The van der Waals surface area contributed by atoms with Crippen molar-refractivity contribution >= 4 is 71.6 Å². The second-order valence-corrected chi connectivity index (χ2v) is 11.4. The normalized spacial score (nSPS) is 18.7. The number of alkyl halides is 2. The van der Waals surface area contributed by atoms with Crippen LogP contribution in [0.3, 0.4) is 0 Å². The molecule has 11 heteroatoms. The maximum absolute atomic E-state index is 13.6. The summed E-state index contributed by atoms with van der Waals surface area (Å²) in [5.41, 5.74) is 3.25. The molecule has 1 N–H and O–H groups in total. The number of carbonyl (C=O) groups is 1. The number of aromatic nitrogens is 3. The van der Waals surface area contributed by atoms with Crippen LogP contribution in [0.1, 0.15) is 16.1 Å². The third kappa shape index (κ3) is 3.90. The van der Waals surface area contributed by atoms with Gasteiger partial charge in [-0.25, -0.2) is 14.6 Å². The van der Waals surface area contributed by atoms with Crippen LogP contribution in [0, 0.1) is 6.92 Å². The van der Waals surface area contributed by atoms with Crippen LogP contribution in [0.4, 0.5) is 5.13 Å². The number of nitrogens with zero attached hydrogens (tertiary/aromatic N) is 4. The van der Waals surface area contributed by atoms with Crippen molar-refractivity contribution in [2.24, 2.45) is 7.05 Å². The molecule has 1 aliphatic heterocycles. The minimum Gasteiger partial charge on any atom is -0.338 e. The van der Waals surface area contributed by atoms with Gasteiger partial charge < -0.3 is 5.32 Å². The monoisotopic (exact) mass is 631 g/mol. The van der Waals surface area contributed by atoms with Crippen LogP contribution in [0.2, 0.25) is 0 Å². The fraction of sp³-hybridized carbons (Fsp3) is 0.167. The van der Waals surface area contributed by atoms with Gasteiger partial charge in [0.15, 0.2) is 14.7 Å². The second kappa shape index (κ2) is 9.12. The van der Waals surface area contributed by atoms with E-state index in [1.807, 2.05) is 74.6 Å². The zero-order valence-electron chi connectivity index (χ0n) is 18.6. The van der Waals surface area contributed by atoms with Gasteiger partial charge in [0.25, 0.3) is 11.5 Å². The number of nitrogens with one attached hydrogen (secondary N) is 1. The van der Waals surface area contributed by atoms with E-state index in [1.165, 1.54) is 16.2 Å². The van der Waals surface area contributed by atoms with Crippen LogP contribution < -0.4 is 15.8 Å². The van der Waals surface area contributed by atoms with Gasteiger partial charge in [-0.1, -0.05) is 64.5 Å². The lowest BCUT2D eigenvalue weighted by molar-refractivity contribution is -0.119. The van der Waals surface area contributed by atoms with E-state index in [0.29, 0.717) is 16.4 Å². The highest BCUT2D eigenvalue weighted by molar-refractivity contribution is 9.12. The van der Waals surface area contributed by atoms with E-state index in [2.05, 4.69) is 42.2 Å². The molecular formula is C24H19Br2N5O2S2. The van der Waals surface area contributed by atoms with Gasteiger partial charge in [0.1, 0.15) is 0 Å². The lowest BCUT2D eigenvalue weighted by Crippen LogP contribution is -2.44. The largest absolute Gasteiger partial charge is 0.338 e. The molecule has 35 heavy (non-hydrogen) atoms. The fourth-order valence-electron chi connectivity index (χ4n) is 4.06. The molecule has 1 fully saturated rings. The van der Waals surface area contributed by atoms with Gasteiger partial charge in [-0.2, -0.15) is 0 Å². The van der Waals surface area contributed by atoms with Crippen molar-refractivity contribution in [3.63, 3.8) is 0 Å². The van der Waals surface area contributed by atoms with Crippen molar-refractivity contribution in [1.82, 2.24) is 19.7 Å². The molecule has 5 rings (SSSR count). The molecule has 2 aromatic heterocycles. The van der Waals surface area contributed by atoms with Crippen molar-refractivity contribution in [2.45, 2.75) is 16.2 Å². The van der Waals surface area contributed by atoms with E-state index in [-0.39, 0.29) is 21.4 Å². The first-order chi connectivity index (χ1) is 16.7. The van der Waals surface area contributed by atoms with Gasteiger partial charge in [0.05, 0.1) is 21.8 Å². The zero-order chi connectivity index (χ0) is 24.9. The fourth-order valence-corrected chi connectivity index (χ4v) is 6.64. The summed E-state index contributed by atoms with van der Waals surface area (Å²) >= 11 is 14.0. The molecule has 0 radical (unpaired) electrons. The molecule has 0 saturated carbocycles. The molecule has 3 heterocycles. The Morgan fingerprint density at radius 3 is 2.37 bits per heavy atom. The Hall–Kier alpha value is -2.60. The number of thiazole rings is 1. The first kappa shape index (κ1) is 24.1. The highest BCUT2D eigenvalue weighted by Crippen LogP contribution is 2.44. The summed E-state index contributed by atoms with van der Waals surface area (Å²) in [6.07, 6.45) is 0. The first-order valence-corrected chi connectivity index (χ1v) is 13.6. The lowest BCUT2D eigenvalue weighted by Gasteiger charge is -2.25. The summed E-state index contributed by atoms with van der Waals surface area (Å²) in [5, 5.41) is 5.52. The van der Waals surface area contributed by atoms with Crippen LogP contribution >= 0.6 is 55.4 Å². The molecule has 1 aliphatic rings. The molecule has 0 aliphatic carbocycles. The number of halogens is 2. The summed E-state index contributed by atoms with van der Waals surface area (Å²) in [6.45, 7) is 1.88. The molecule has 1 saturated heterocycles. The van der Waals surface area contributed by atoms with Gasteiger partial charge in [-0.3, -0.25) is 14.3 Å². The Kier molecular flexibility index (Phi) is 6.28. The third-order valence-corrected chi connectivity index (χ3v) is 9.88. The minimum atomic E-state index is -1.18. The molecule has 2 atom stereocenters. The van der Waals surface area contributed by atoms with E-state index in [4.69, 9.17) is 12.2 Å². The van der Waals surface area contributed by atoms with Gasteiger partial charge in [-0.05, 0) is 52.8 Å². The summed E-state index contributed by atoms with van der Waals surface area (Å²) in [7, 11) is 1.84. The third-order valence-electron chi connectivity index (χ3n) is 5.94. The van der Waals surface area contributed by atoms with Crippen molar-refractivity contribution in [3.8, 4) is 16.9 Å². The van der Waals surface area contributed by atoms with Crippen LogP contribution in [-0.4, -0.2) is 29.8 Å². The molecule has 4 aromatic rings. The Labute approximate surface area is 227 Å². The molecule has 7 nitrogen and oxygen atoms in total. The van der Waals surface area contributed by atoms with Crippen molar-refractivity contribution in [3.05, 3.63) is 87.7 Å². The Morgan fingerprint density at radius 1 is 1.09 bits per heavy atom. The van der Waals surface area contributed by atoms with Gasteiger partial charge in [0, 0.05) is 18.1 Å². The van der Waals surface area contributed by atoms with Gasteiger partial charge in [0.2, 0.25) is 0 Å². The van der Waals surface area contributed by atoms with E-state index >= 15 is 0 Å². The summed E-state index contributed by atoms with van der Waals surface area (Å²) in [6, 6.07) is 19.0. The molecular weight excluding hydrogens is 614 g/mol. The number of anilines is 1. The smallest absolute Gasteiger partial charge is 0.281 e. The number of amides is 1. The van der Waals surface area contributed by atoms with Crippen LogP contribution in [0.15, 0.2) is 70.8 Å². The number of rotatable bonds is 5. The quantitative estimate of drug-likeness (QED) is 0.189. The average Bonchev–Trinajstić information content (AvgIpc) is 3.48. The number of thiocarbonyl (C=S) groups is 1. The summed E-state index contributed by atoms with van der Waals surface area (Å²) in [4.78, 5) is 32.6. The zero-order valence-corrected chi connectivity index (χ0v) is 23.4. The van der Waals surface area contributed by atoms with E-state index in [0.717, 1.165) is 16.9 Å². The topological polar surface area (TPSA) is 72.2 Å². The Morgan fingerprint density at radius 2 is 1.71 bits per heavy atom. The van der Waals surface area contributed by atoms with Gasteiger partial charge >= 0.3 is 0 Å². The van der Waals surface area contributed by atoms with Gasteiger partial charge in [-0.15, -0.1) is 11.3 Å². The van der Waals surface area contributed by atoms with Crippen molar-refractivity contribution in [2.75, 3.05) is 4.90 Å². The summed E-state index contributed by atoms with van der Waals surface area (Å²) in [5.74, 6) is -0.291. The highest BCUT2D eigenvalue weighted by atomic mass is 79.9. The number of hydrogen-bond donors (Lipinski definition) is 1. The van der Waals surface area contributed by atoms with Crippen LogP contribution in [0.25, 0.3) is 16.9 Å².